The third-order valence-corrected chi connectivity index (χ3v) is 2.94. The smallest absolute Gasteiger partial charge is 0.305 e. The first-order valence-electron chi connectivity index (χ1n) is 5.00. The van der Waals surface area contributed by atoms with Crippen LogP contribution in [0.5, 0.6) is 0 Å². The van der Waals surface area contributed by atoms with Crippen LogP contribution in [0.3, 0.4) is 0 Å². The van der Waals surface area contributed by atoms with Gasteiger partial charge in [-0.25, -0.2) is 0 Å². The summed E-state index contributed by atoms with van der Waals surface area (Å²) in [6.07, 6.45) is 5.30. The van der Waals surface area contributed by atoms with Gasteiger partial charge in [0.2, 0.25) is 0 Å². The topological polar surface area (TPSA) is 38.3 Å². The van der Waals surface area contributed by atoms with Crippen LogP contribution in [-0.4, -0.2) is 26.2 Å². The highest BCUT2D eigenvalue weighted by molar-refractivity contribution is 5.69. The van der Waals surface area contributed by atoms with E-state index in [-0.39, 0.29) is 5.97 Å². The fourth-order valence-electron chi connectivity index (χ4n) is 1.97. The Labute approximate surface area is 79.8 Å². The molecule has 1 rings (SSSR count). The highest BCUT2D eigenvalue weighted by Gasteiger charge is 2.21. The van der Waals surface area contributed by atoms with Crippen LogP contribution < -0.4 is 5.32 Å². The Hall–Kier alpha value is -0.570. The number of rotatable bonds is 3. The van der Waals surface area contributed by atoms with E-state index in [4.69, 9.17) is 0 Å². The summed E-state index contributed by atoms with van der Waals surface area (Å²) in [5, 5.41) is 3.28. The summed E-state index contributed by atoms with van der Waals surface area (Å²) >= 11 is 0. The number of carbonyl (C=O) groups excluding carboxylic acids is 1. The molecule has 0 aromatic carbocycles. The van der Waals surface area contributed by atoms with Crippen LogP contribution in [0.15, 0.2) is 0 Å². The van der Waals surface area contributed by atoms with E-state index in [2.05, 4.69) is 10.1 Å². The van der Waals surface area contributed by atoms with Gasteiger partial charge in [-0.1, -0.05) is 0 Å². The van der Waals surface area contributed by atoms with Crippen molar-refractivity contribution in [1.82, 2.24) is 5.32 Å². The monoisotopic (exact) mass is 185 g/mol. The normalized spacial score (nSPS) is 28.5. The molecule has 0 atom stereocenters. The summed E-state index contributed by atoms with van der Waals surface area (Å²) in [7, 11) is 3.47. The van der Waals surface area contributed by atoms with Gasteiger partial charge in [0.1, 0.15) is 0 Å². The van der Waals surface area contributed by atoms with Crippen molar-refractivity contribution in [2.75, 3.05) is 14.2 Å². The molecule has 0 spiro atoms. The molecule has 0 saturated heterocycles. The van der Waals surface area contributed by atoms with Crippen molar-refractivity contribution < 1.29 is 9.53 Å². The molecule has 3 heteroatoms. The summed E-state index contributed by atoms with van der Waals surface area (Å²) in [5.41, 5.74) is 0. The number of hydrogen-bond acceptors (Lipinski definition) is 3. The average molecular weight is 185 g/mol. The van der Waals surface area contributed by atoms with E-state index in [0.29, 0.717) is 18.4 Å². The van der Waals surface area contributed by atoms with E-state index in [1.807, 2.05) is 7.05 Å². The number of methoxy groups -OCH3 is 1. The molecule has 0 unspecified atom stereocenters. The first-order valence-corrected chi connectivity index (χ1v) is 5.00. The fraction of sp³-hybridized carbons (Fsp3) is 0.900. The highest BCUT2D eigenvalue weighted by Crippen LogP contribution is 2.26. The van der Waals surface area contributed by atoms with E-state index in [9.17, 15) is 4.79 Å². The lowest BCUT2D eigenvalue weighted by Crippen LogP contribution is -2.30. The molecule has 76 valence electrons. The quantitative estimate of drug-likeness (QED) is 0.674. The predicted octanol–water partition coefficient (Wildman–Crippen LogP) is 1.33. The Morgan fingerprint density at radius 1 is 1.38 bits per heavy atom. The first-order chi connectivity index (χ1) is 6.26. The standard InChI is InChI=1S/C10H19NO2/c1-11-9-5-3-8(4-6-9)7-10(12)13-2/h8-9,11H,3-7H2,1-2H3. The van der Waals surface area contributed by atoms with Gasteiger partial charge in [-0.3, -0.25) is 4.79 Å². The van der Waals surface area contributed by atoms with Crippen LogP contribution >= 0.6 is 0 Å². The maximum atomic E-state index is 11.0. The van der Waals surface area contributed by atoms with Gasteiger partial charge in [0.25, 0.3) is 0 Å². The zero-order valence-electron chi connectivity index (χ0n) is 8.51. The van der Waals surface area contributed by atoms with Crippen LogP contribution in [-0.2, 0) is 9.53 Å². The Kier molecular flexibility index (Phi) is 4.22. The maximum Gasteiger partial charge on any atom is 0.305 e. The van der Waals surface area contributed by atoms with Crippen molar-refractivity contribution in [2.45, 2.75) is 38.1 Å². The lowest BCUT2D eigenvalue weighted by atomic mass is 9.84. The van der Waals surface area contributed by atoms with Crippen molar-refractivity contribution >= 4 is 5.97 Å². The van der Waals surface area contributed by atoms with E-state index >= 15 is 0 Å². The molecule has 0 aliphatic heterocycles. The average Bonchev–Trinajstić information content (AvgIpc) is 2.19. The van der Waals surface area contributed by atoms with Crippen molar-refractivity contribution in [3.05, 3.63) is 0 Å². The Morgan fingerprint density at radius 2 is 2.00 bits per heavy atom. The van der Waals surface area contributed by atoms with Gasteiger partial charge in [0.05, 0.1) is 7.11 Å². The maximum absolute atomic E-state index is 11.0. The number of nitrogens with one attached hydrogen (secondary N) is 1. The third-order valence-electron chi connectivity index (χ3n) is 2.94. The molecule has 3 nitrogen and oxygen atoms in total. The summed E-state index contributed by atoms with van der Waals surface area (Å²) in [4.78, 5) is 11.0. The zero-order valence-corrected chi connectivity index (χ0v) is 8.51. The fourth-order valence-corrected chi connectivity index (χ4v) is 1.97. The largest absolute Gasteiger partial charge is 0.469 e. The summed E-state index contributed by atoms with van der Waals surface area (Å²) < 4.78 is 4.65. The zero-order chi connectivity index (χ0) is 9.68. The van der Waals surface area contributed by atoms with Gasteiger partial charge in [-0.05, 0) is 38.6 Å². The second-order valence-corrected chi connectivity index (χ2v) is 3.79. The molecule has 1 aliphatic rings. The van der Waals surface area contributed by atoms with Gasteiger partial charge in [-0.2, -0.15) is 0 Å². The molecular weight excluding hydrogens is 166 g/mol. The van der Waals surface area contributed by atoms with Crippen LogP contribution in [0.1, 0.15) is 32.1 Å². The van der Waals surface area contributed by atoms with Gasteiger partial charge in [0.15, 0.2) is 0 Å². The molecule has 1 fully saturated rings. The third kappa shape index (κ3) is 3.35. The lowest BCUT2D eigenvalue weighted by molar-refractivity contribution is -0.142. The van der Waals surface area contributed by atoms with Gasteiger partial charge in [0, 0.05) is 12.5 Å². The molecule has 0 amide bonds. The van der Waals surface area contributed by atoms with Crippen molar-refractivity contribution in [3.8, 4) is 0 Å². The SMILES string of the molecule is CNC1CCC(CC(=O)OC)CC1. The van der Waals surface area contributed by atoms with E-state index in [1.54, 1.807) is 0 Å². The number of hydrogen-bond donors (Lipinski definition) is 1. The Balaban J connectivity index is 2.21. The molecule has 0 bridgehead atoms. The van der Waals surface area contributed by atoms with Crippen LogP contribution in [0.25, 0.3) is 0 Å². The minimum atomic E-state index is -0.0621. The molecule has 1 saturated carbocycles. The molecule has 1 N–H and O–H groups in total. The summed E-state index contributed by atoms with van der Waals surface area (Å²) in [6.45, 7) is 0. The van der Waals surface area contributed by atoms with Crippen LogP contribution in [0.4, 0.5) is 0 Å². The minimum absolute atomic E-state index is 0.0621. The predicted molar refractivity (Wildman–Crippen MR) is 51.4 cm³/mol. The molecule has 0 aromatic rings. The van der Waals surface area contributed by atoms with Crippen LogP contribution in [0.2, 0.25) is 0 Å². The molecule has 13 heavy (non-hydrogen) atoms. The lowest BCUT2D eigenvalue weighted by Gasteiger charge is -2.27. The minimum Gasteiger partial charge on any atom is -0.469 e. The molecular formula is C10H19NO2. The van der Waals surface area contributed by atoms with Crippen LogP contribution in [0, 0.1) is 5.92 Å². The van der Waals surface area contributed by atoms with E-state index in [1.165, 1.54) is 20.0 Å². The second-order valence-electron chi connectivity index (χ2n) is 3.79. The number of esters is 1. The highest BCUT2D eigenvalue weighted by atomic mass is 16.5. The Morgan fingerprint density at radius 3 is 2.46 bits per heavy atom. The molecule has 0 radical (unpaired) electrons. The number of ether oxygens (including phenoxy) is 1. The first kappa shape index (κ1) is 10.5. The van der Waals surface area contributed by atoms with Crippen molar-refractivity contribution in [3.63, 3.8) is 0 Å². The van der Waals surface area contributed by atoms with Crippen molar-refractivity contribution in [2.24, 2.45) is 5.92 Å². The van der Waals surface area contributed by atoms with E-state index < -0.39 is 0 Å². The van der Waals surface area contributed by atoms with E-state index in [0.717, 1.165) is 12.8 Å². The summed E-state index contributed by atoms with van der Waals surface area (Å²) in [6, 6.07) is 0.661. The van der Waals surface area contributed by atoms with Crippen molar-refractivity contribution in [1.29, 1.82) is 0 Å². The molecule has 0 heterocycles. The van der Waals surface area contributed by atoms with Gasteiger partial charge in [-0.15, -0.1) is 0 Å². The molecule has 0 aromatic heterocycles. The van der Waals surface area contributed by atoms with Gasteiger partial charge >= 0.3 is 5.97 Å². The van der Waals surface area contributed by atoms with Gasteiger partial charge < -0.3 is 10.1 Å². The second kappa shape index (κ2) is 5.22. The Bertz CT molecular complexity index is 162. The molecule has 1 aliphatic carbocycles. The summed E-state index contributed by atoms with van der Waals surface area (Å²) in [5.74, 6) is 0.491. The number of carbonyl (C=O) groups is 1.